The Labute approximate surface area is 125 Å². The number of benzene rings is 2. The van der Waals surface area contributed by atoms with Gasteiger partial charge in [0.1, 0.15) is 11.6 Å². The molecule has 0 fully saturated rings. The Morgan fingerprint density at radius 1 is 1.00 bits per heavy atom. The van der Waals surface area contributed by atoms with Gasteiger partial charge in [-0.1, -0.05) is 30.3 Å². The van der Waals surface area contributed by atoms with E-state index in [1.165, 1.54) is 10.8 Å². The van der Waals surface area contributed by atoms with Crippen molar-refractivity contribution in [2.75, 3.05) is 0 Å². The maximum Gasteiger partial charge on any atom is 0.348 e. The third-order valence-corrected chi connectivity index (χ3v) is 3.29. The second-order valence-corrected chi connectivity index (χ2v) is 4.83. The predicted molar refractivity (Wildman–Crippen MR) is 79.4 cm³/mol. The third-order valence-electron chi connectivity index (χ3n) is 3.29. The van der Waals surface area contributed by atoms with Crippen LogP contribution in [-0.2, 0) is 6.54 Å². The number of hydrogen-bond acceptors (Lipinski definition) is 2. The lowest BCUT2D eigenvalue weighted by atomic mass is 10.1. The van der Waals surface area contributed by atoms with Gasteiger partial charge in [-0.05, 0) is 24.3 Å². The second-order valence-electron chi connectivity index (χ2n) is 4.83. The van der Waals surface area contributed by atoms with E-state index in [4.69, 9.17) is 0 Å². The van der Waals surface area contributed by atoms with E-state index in [0.29, 0.717) is 5.69 Å². The molecule has 0 atom stereocenters. The highest BCUT2D eigenvalue weighted by molar-refractivity contribution is 5.57. The van der Waals surface area contributed by atoms with Crippen LogP contribution in [0.3, 0.4) is 0 Å². The highest BCUT2D eigenvalue weighted by atomic mass is 19.1. The first kappa shape index (κ1) is 14.1. The van der Waals surface area contributed by atoms with Crippen LogP contribution in [0.1, 0.15) is 5.56 Å². The number of halogens is 2. The summed E-state index contributed by atoms with van der Waals surface area (Å²) < 4.78 is 28.0. The third kappa shape index (κ3) is 2.93. The van der Waals surface area contributed by atoms with Gasteiger partial charge >= 0.3 is 5.69 Å². The summed E-state index contributed by atoms with van der Waals surface area (Å²) in [5, 5.41) is 0. The summed E-state index contributed by atoms with van der Waals surface area (Å²) in [5.74, 6) is -1.10. The Hall–Kier alpha value is -2.82. The quantitative estimate of drug-likeness (QED) is 0.744. The van der Waals surface area contributed by atoms with Crippen LogP contribution in [0.25, 0.3) is 11.3 Å². The summed E-state index contributed by atoms with van der Waals surface area (Å²) in [6, 6.07) is 14.1. The summed E-state index contributed by atoms with van der Waals surface area (Å²) in [7, 11) is 0. The molecule has 1 aromatic heterocycles. The molecule has 0 spiro atoms. The number of hydrogen-bond donors (Lipinski definition) is 0. The van der Waals surface area contributed by atoms with Gasteiger partial charge in [0.2, 0.25) is 0 Å². The standard InChI is InChI=1S/C17H12F2N2O/c18-14-6-7-15(19)13(10-14)11-21-9-8-16(20-17(21)22)12-4-2-1-3-5-12/h1-10H,11H2. The van der Waals surface area contributed by atoms with E-state index in [1.807, 2.05) is 30.3 Å². The van der Waals surface area contributed by atoms with Crippen molar-refractivity contribution < 1.29 is 8.78 Å². The van der Waals surface area contributed by atoms with Crippen molar-refractivity contribution in [3.05, 3.63) is 88.5 Å². The average molecular weight is 298 g/mol. The summed E-state index contributed by atoms with van der Waals surface area (Å²) in [5.41, 5.74) is 0.964. The molecule has 0 aliphatic heterocycles. The number of nitrogens with zero attached hydrogens (tertiary/aromatic N) is 2. The van der Waals surface area contributed by atoms with E-state index >= 15 is 0 Å². The fraction of sp³-hybridized carbons (Fsp3) is 0.0588. The Kier molecular flexibility index (Phi) is 3.78. The fourth-order valence-electron chi connectivity index (χ4n) is 2.17. The highest BCUT2D eigenvalue weighted by Gasteiger charge is 2.07. The first-order valence-corrected chi connectivity index (χ1v) is 6.70. The molecule has 0 saturated heterocycles. The first-order chi connectivity index (χ1) is 10.6. The molecule has 0 aliphatic rings. The lowest BCUT2D eigenvalue weighted by Gasteiger charge is -2.07. The van der Waals surface area contributed by atoms with E-state index < -0.39 is 17.3 Å². The molecule has 1 heterocycles. The van der Waals surface area contributed by atoms with Crippen LogP contribution in [-0.4, -0.2) is 9.55 Å². The van der Waals surface area contributed by atoms with Crippen LogP contribution < -0.4 is 5.69 Å². The Morgan fingerprint density at radius 2 is 1.77 bits per heavy atom. The smallest absolute Gasteiger partial charge is 0.295 e. The molecule has 3 aromatic rings. The van der Waals surface area contributed by atoms with E-state index in [2.05, 4.69) is 4.98 Å². The molecule has 3 nitrogen and oxygen atoms in total. The van der Waals surface area contributed by atoms with E-state index in [9.17, 15) is 13.6 Å². The van der Waals surface area contributed by atoms with Crippen molar-refractivity contribution in [3.8, 4) is 11.3 Å². The highest BCUT2D eigenvalue weighted by Crippen LogP contribution is 2.15. The van der Waals surface area contributed by atoms with Gasteiger partial charge in [0.25, 0.3) is 0 Å². The van der Waals surface area contributed by atoms with Gasteiger partial charge in [-0.3, -0.25) is 4.57 Å². The Balaban J connectivity index is 1.93. The first-order valence-electron chi connectivity index (χ1n) is 6.70. The molecular weight excluding hydrogens is 286 g/mol. The van der Waals surface area contributed by atoms with E-state index in [0.717, 1.165) is 23.8 Å². The van der Waals surface area contributed by atoms with Gasteiger partial charge < -0.3 is 0 Å². The summed E-state index contributed by atoms with van der Waals surface area (Å²) in [6.45, 7) is -0.0650. The van der Waals surface area contributed by atoms with Crippen molar-refractivity contribution in [2.45, 2.75) is 6.54 Å². The predicted octanol–water partition coefficient (Wildman–Crippen LogP) is 3.24. The minimum absolute atomic E-state index is 0.0650. The van der Waals surface area contributed by atoms with Crippen molar-refractivity contribution in [3.63, 3.8) is 0 Å². The van der Waals surface area contributed by atoms with Crippen molar-refractivity contribution in [1.82, 2.24) is 9.55 Å². The number of rotatable bonds is 3. The minimum Gasteiger partial charge on any atom is -0.295 e. The van der Waals surface area contributed by atoms with Crippen molar-refractivity contribution in [1.29, 1.82) is 0 Å². The van der Waals surface area contributed by atoms with Crippen LogP contribution in [0, 0.1) is 11.6 Å². The molecule has 110 valence electrons. The molecule has 3 rings (SSSR count). The molecule has 0 aliphatic carbocycles. The Bertz CT molecular complexity index is 860. The Morgan fingerprint density at radius 3 is 2.50 bits per heavy atom. The zero-order chi connectivity index (χ0) is 15.5. The van der Waals surface area contributed by atoms with Crippen LogP contribution in [0.2, 0.25) is 0 Å². The SMILES string of the molecule is O=c1nc(-c2ccccc2)ccn1Cc1cc(F)ccc1F. The van der Waals surface area contributed by atoms with Crippen LogP contribution >= 0.6 is 0 Å². The lowest BCUT2D eigenvalue weighted by molar-refractivity contribution is 0.572. The summed E-state index contributed by atoms with van der Waals surface area (Å²) >= 11 is 0. The molecule has 5 heteroatoms. The van der Waals surface area contributed by atoms with Crippen LogP contribution in [0.15, 0.2) is 65.6 Å². The van der Waals surface area contributed by atoms with E-state index in [1.54, 1.807) is 6.07 Å². The molecule has 2 aromatic carbocycles. The van der Waals surface area contributed by atoms with Gasteiger partial charge in [0.05, 0.1) is 12.2 Å². The van der Waals surface area contributed by atoms with Gasteiger partial charge in [0, 0.05) is 17.3 Å². The monoisotopic (exact) mass is 298 g/mol. The van der Waals surface area contributed by atoms with Crippen molar-refractivity contribution >= 4 is 0 Å². The normalized spacial score (nSPS) is 10.6. The molecule has 0 unspecified atom stereocenters. The second kappa shape index (κ2) is 5.89. The average Bonchev–Trinajstić information content (AvgIpc) is 2.53. The summed E-state index contributed by atoms with van der Waals surface area (Å²) in [6.07, 6.45) is 1.53. The van der Waals surface area contributed by atoms with Crippen LogP contribution in [0.4, 0.5) is 8.78 Å². The molecule has 0 saturated carbocycles. The van der Waals surface area contributed by atoms with Crippen molar-refractivity contribution in [2.24, 2.45) is 0 Å². The lowest BCUT2D eigenvalue weighted by Crippen LogP contribution is -2.23. The zero-order valence-electron chi connectivity index (χ0n) is 11.5. The number of aromatic nitrogens is 2. The molecule has 0 N–H and O–H groups in total. The summed E-state index contributed by atoms with van der Waals surface area (Å²) in [4.78, 5) is 16.0. The molecule has 0 amide bonds. The maximum atomic E-state index is 13.6. The van der Waals surface area contributed by atoms with Gasteiger partial charge in [-0.15, -0.1) is 0 Å². The molecule has 22 heavy (non-hydrogen) atoms. The zero-order valence-corrected chi connectivity index (χ0v) is 11.5. The molecule has 0 radical (unpaired) electrons. The molecule has 0 bridgehead atoms. The van der Waals surface area contributed by atoms with Gasteiger partial charge in [-0.2, -0.15) is 4.98 Å². The minimum atomic E-state index is -0.555. The molecular formula is C17H12F2N2O. The van der Waals surface area contributed by atoms with Gasteiger partial charge in [-0.25, -0.2) is 13.6 Å². The maximum absolute atomic E-state index is 13.6. The van der Waals surface area contributed by atoms with E-state index in [-0.39, 0.29) is 12.1 Å². The fourth-order valence-corrected chi connectivity index (χ4v) is 2.17. The van der Waals surface area contributed by atoms with Crippen LogP contribution in [0.5, 0.6) is 0 Å². The largest absolute Gasteiger partial charge is 0.348 e. The topological polar surface area (TPSA) is 34.9 Å². The van der Waals surface area contributed by atoms with Gasteiger partial charge in [0.15, 0.2) is 0 Å².